The third-order valence-electron chi connectivity index (χ3n) is 2.92. The smallest absolute Gasteiger partial charge is 0.347 e. The highest BCUT2D eigenvalue weighted by molar-refractivity contribution is 5.74. The largest absolute Gasteiger partial charge is 0.479 e. The number of hydrogen-bond donors (Lipinski definition) is 0. The molecule has 0 amide bonds. The highest BCUT2D eigenvalue weighted by Gasteiger charge is 2.16. The van der Waals surface area contributed by atoms with Crippen LogP contribution in [0.1, 0.15) is 18.1 Å². The van der Waals surface area contributed by atoms with E-state index < -0.39 is 12.1 Å². The van der Waals surface area contributed by atoms with Gasteiger partial charge in [0.25, 0.3) is 0 Å². The summed E-state index contributed by atoms with van der Waals surface area (Å²) < 4.78 is 23.3. The lowest BCUT2D eigenvalue weighted by Crippen LogP contribution is -2.26. The quantitative estimate of drug-likeness (QED) is 0.795. The summed E-state index contributed by atoms with van der Waals surface area (Å²) in [6, 6.07) is 14.2. The number of esters is 1. The molecule has 0 aliphatic carbocycles. The summed E-state index contributed by atoms with van der Waals surface area (Å²) in [5.41, 5.74) is 1.32. The molecule has 0 fully saturated rings. The predicted molar refractivity (Wildman–Crippen MR) is 77.4 cm³/mol. The molecule has 2 aromatic rings. The van der Waals surface area contributed by atoms with Crippen molar-refractivity contribution in [1.82, 2.24) is 0 Å². The van der Waals surface area contributed by atoms with Crippen LogP contribution in [0.15, 0.2) is 48.5 Å². The monoisotopic (exact) mass is 299 g/mol. The first-order chi connectivity index (χ1) is 10.6. The summed E-state index contributed by atoms with van der Waals surface area (Å²) in [5.74, 6) is -0.499. The molecule has 1 atom stereocenters. The molecule has 0 saturated carbocycles. The second-order valence-electron chi connectivity index (χ2n) is 4.63. The Bertz CT molecular complexity index is 675. The molecule has 0 spiro atoms. The topological polar surface area (TPSA) is 59.3 Å². The average Bonchev–Trinajstić information content (AvgIpc) is 2.55. The van der Waals surface area contributed by atoms with E-state index in [1.165, 1.54) is 24.3 Å². The van der Waals surface area contributed by atoms with Crippen molar-refractivity contribution in [3.05, 3.63) is 65.5 Å². The molecule has 0 bridgehead atoms. The summed E-state index contributed by atoms with van der Waals surface area (Å²) in [4.78, 5) is 11.8. The van der Waals surface area contributed by atoms with Crippen LogP contribution in [0, 0.1) is 17.1 Å². The van der Waals surface area contributed by atoms with Gasteiger partial charge < -0.3 is 9.47 Å². The second-order valence-corrected chi connectivity index (χ2v) is 4.63. The standard InChI is InChI=1S/C17H14FNO3/c1-12(22-16-8-6-15(18)7-9-16)17(20)21-11-14-4-2-13(10-19)3-5-14/h2-9,12H,11H2,1H3/t12-/m1/s1. The molecule has 0 aromatic heterocycles. The minimum atomic E-state index is -0.802. The van der Waals surface area contributed by atoms with E-state index in [0.717, 1.165) is 5.56 Å². The number of benzene rings is 2. The lowest BCUT2D eigenvalue weighted by molar-refractivity contribution is -0.152. The van der Waals surface area contributed by atoms with Crippen molar-refractivity contribution in [2.24, 2.45) is 0 Å². The molecule has 0 N–H and O–H groups in total. The fraction of sp³-hybridized carbons (Fsp3) is 0.176. The van der Waals surface area contributed by atoms with E-state index in [4.69, 9.17) is 14.7 Å². The lowest BCUT2D eigenvalue weighted by Gasteiger charge is -2.14. The van der Waals surface area contributed by atoms with E-state index in [-0.39, 0.29) is 12.4 Å². The molecule has 2 aromatic carbocycles. The van der Waals surface area contributed by atoms with E-state index in [0.29, 0.717) is 11.3 Å². The molecule has 112 valence electrons. The van der Waals surface area contributed by atoms with Crippen LogP contribution in [0.5, 0.6) is 5.75 Å². The van der Waals surface area contributed by atoms with Gasteiger partial charge in [-0.3, -0.25) is 0 Å². The van der Waals surface area contributed by atoms with Crippen molar-refractivity contribution in [2.75, 3.05) is 0 Å². The number of carbonyl (C=O) groups excluding carboxylic acids is 1. The molecular formula is C17H14FNO3. The van der Waals surface area contributed by atoms with Crippen LogP contribution in [0.25, 0.3) is 0 Å². The highest BCUT2D eigenvalue weighted by atomic mass is 19.1. The van der Waals surface area contributed by atoms with Gasteiger partial charge in [-0.1, -0.05) is 12.1 Å². The van der Waals surface area contributed by atoms with Gasteiger partial charge in [0.2, 0.25) is 0 Å². The van der Waals surface area contributed by atoms with Crippen molar-refractivity contribution in [1.29, 1.82) is 5.26 Å². The predicted octanol–water partition coefficient (Wildman–Crippen LogP) is 3.21. The Morgan fingerprint density at radius 1 is 1.18 bits per heavy atom. The highest BCUT2D eigenvalue weighted by Crippen LogP contribution is 2.14. The van der Waals surface area contributed by atoms with Crippen LogP contribution in [0.3, 0.4) is 0 Å². The van der Waals surface area contributed by atoms with Crippen LogP contribution in [-0.4, -0.2) is 12.1 Å². The third kappa shape index (κ3) is 4.32. The zero-order valence-electron chi connectivity index (χ0n) is 12.0. The molecule has 2 rings (SSSR count). The number of carbonyl (C=O) groups is 1. The van der Waals surface area contributed by atoms with E-state index in [9.17, 15) is 9.18 Å². The van der Waals surface area contributed by atoms with Crippen molar-refractivity contribution < 1.29 is 18.7 Å². The number of nitriles is 1. The molecule has 5 heteroatoms. The van der Waals surface area contributed by atoms with Crippen LogP contribution < -0.4 is 4.74 Å². The zero-order chi connectivity index (χ0) is 15.9. The Morgan fingerprint density at radius 2 is 1.82 bits per heavy atom. The van der Waals surface area contributed by atoms with Crippen LogP contribution >= 0.6 is 0 Å². The number of rotatable bonds is 5. The molecule has 0 saturated heterocycles. The second kappa shape index (κ2) is 7.23. The molecular weight excluding hydrogens is 285 g/mol. The number of hydrogen-bond acceptors (Lipinski definition) is 4. The first kappa shape index (κ1) is 15.5. The van der Waals surface area contributed by atoms with Crippen LogP contribution in [0.4, 0.5) is 4.39 Å². The van der Waals surface area contributed by atoms with Gasteiger partial charge in [-0.15, -0.1) is 0 Å². The van der Waals surface area contributed by atoms with Gasteiger partial charge in [-0.25, -0.2) is 9.18 Å². The molecule has 0 aliphatic rings. The fourth-order valence-electron chi connectivity index (χ4n) is 1.71. The summed E-state index contributed by atoms with van der Waals surface area (Å²) in [5, 5.41) is 8.70. The Labute approximate surface area is 127 Å². The van der Waals surface area contributed by atoms with E-state index in [1.54, 1.807) is 31.2 Å². The SMILES string of the molecule is C[C@@H](Oc1ccc(F)cc1)C(=O)OCc1ccc(C#N)cc1. The van der Waals surface area contributed by atoms with Gasteiger partial charge in [0.05, 0.1) is 11.6 Å². The molecule has 0 unspecified atom stereocenters. The first-order valence-corrected chi connectivity index (χ1v) is 6.66. The van der Waals surface area contributed by atoms with Gasteiger partial charge in [-0.2, -0.15) is 5.26 Å². The number of nitrogens with zero attached hydrogens (tertiary/aromatic N) is 1. The minimum Gasteiger partial charge on any atom is -0.479 e. The van der Waals surface area contributed by atoms with Crippen LogP contribution in [0.2, 0.25) is 0 Å². The Kier molecular flexibility index (Phi) is 5.10. The fourth-order valence-corrected chi connectivity index (χ4v) is 1.71. The molecule has 0 aliphatic heterocycles. The summed E-state index contributed by atoms with van der Waals surface area (Å²) >= 11 is 0. The molecule has 0 heterocycles. The third-order valence-corrected chi connectivity index (χ3v) is 2.92. The van der Waals surface area contributed by atoms with Gasteiger partial charge >= 0.3 is 5.97 Å². The molecule has 0 radical (unpaired) electrons. The average molecular weight is 299 g/mol. The van der Waals surface area contributed by atoms with E-state index in [2.05, 4.69) is 0 Å². The van der Waals surface area contributed by atoms with Crippen molar-refractivity contribution in [3.63, 3.8) is 0 Å². The maximum atomic E-state index is 12.8. The van der Waals surface area contributed by atoms with Gasteiger partial charge in [0.15, 0.2) is 6.10 Å². The van der Waals surface area contributed by atoms with E-state index in [1.807, 2.05) is 6.07 Å². The summed E-state index contributed by atoms with van der Waals surface area (Å²) in [6.07, 6.45) is -0.802. The normalized spacial score (nSPS) is 11.3. The Hall–Kier alpha value is -2.87. The van der Waals surface area contributed by atoms with Gasteiger partial charge in [0, 0.05) is 0 Å². The Balaban J connectivity index is 1.85. The summed E-state index contributed by atoms with van der Waals surface area (Å²) in [7, 11) is 0. The summed E-state index contributed by atoms with van der Waals surface area (Å²) in [6.45, 7) is 1.66. The van der Waals surface area contributed by atoms with Crippen molar-refractivity contribution in [2.45, 2.75) is 19.6 Å². The van der Waals surface area contributed by atoms with Gasteiger partial charge in [0.1, 0.15) is 18.2 Å². The number of ether oxygens (including phenoxy) is 2. The molecule has 4 nitrogen and oxygen atoms in total. The maximum absolute atomic E-state index is 12.8. The lowest BCUT2D eigenvalue weighted by atomic mass is 10.2. The molecule has 22 heavy (non-hydrogen) atoms. The maximum Gasteiger partial charge on any atom is 0.347 e. The minimum absolute atomic E-state index is 0.0989. The van der Waals surface area contributed by atoms with Crippen molar-refractivity contribution >= 4 is 5.97 Å². The zero-order valence-corrected chi connectivity index (χ0v) is 12.0. The van der Waals surface area contributed by atoms with Gasteiger partial charge in [-0.05, 0) is 48.9 Å². The first-order valence-electron chi connectivity index (χ1n) is 6.66. The Morgan fingerprint density at radius 3 is 2.41 bits per heavy atom. The number of halogens is 1. The van der Waals surface area contributed by atoms with Crippen LogP contribution in [-0.2, 0) is 16.1 Å². The van der Waals surface area contributed by atoms with Crippen molar-refractivity contribution in [3.8, 4) is 11.8 Å². The van der Waals surface area contributed by atoms with E-state index >= 15 is 0 Å².